The largest absolute Gasteiger partial charge is 0.467 e. The number of fused-ring (bicyclic) bond motifs is 1. The first kappa shape index (κ1) is 15.3. The molecule has 0 saturated carbocycles. The topological polar surface area (TPSA) is 47.2 Å². The molecule has 0 unspecified atom stereocenters. The van der Waals surface area contributed by atoms with E-state index < -0.39 is 0 Å². The molecule has 124 valence electrons. The van der Waals surface area contributed by atoms with Crippen molar-refractivity contribution in [2.24, 2.45) is 0 Å². The zero-order chi connectivity index (χ0) is 17.1. The number of nitrogens with zero attached hydrogens (tertiary/aromatic N) is 1. The van der Waals surface area contributed by atoms with Crippen molar-refractivity contribution in [1.82, 2.24) is 9.88 Å². The Bertz CT molecular complexity index is 985. The first-order valence-corrected chi connectivity index (χ1v) is 8.23. The molecular weight excluding hydrogens is 312 g/mol. The maximum absolute atomic E-state index is 12.7. The number of benzene rings is 2. The monoisotopic (exact) mass is 330 g/mol. The highest BCUT2D eigenvalue weighted by molar-refractivity contribution is 6.07. The summed E-state index contributed by atoms with van der Waals surface area (Å²) in [6.45, 7) is 1.11. The van der Waals surface area contributed by atoms with Gasteiger partial charge in [0, 0.05) is 23.6 Å². The molecule has 4 aromatic rings. The molecular formula is C21H18N2O2. The van der Waals surface area contributed by atoms with Crippen molar-refractivity contribution in [3.05, 3.63) is 96.1 Å². The van der Waals surface area contributed by atoms with Crippen molar-refractivity contribution < 1.29 is 9.21 Å². The number of carbonyl (C=O) groups is 1. The lowest BCUT2D eigenvalue weighted by atomic mass is 10.1. The second kappa shape index (κ2) is 6.69. The lowest BCUT2D eigenvalue weighted by Crippen LogP contribution is -2.22. The van der Waals surface area contributed by atoms with E-state index in [0.717, 1.165) is 23.2 Å². The van der Waals surface area contributed by atoms with Crippen molar-refractivity contribution in [3.8, 4) is 0 Å². The van der Waals surface area contributed by atoms with E-state index in [4.69, 9.17) is 4.42 Å². The number of aromatic nitrogens is 1. The maximum atomic E-state index is 12.7. The zero-order valence-corrected chi connectivity index (χ0v) is 13.7. The average molecular weight is 330 g/mol. The molecule has 0 aliphatic carbocycles. The summed E-state index contributed by atoms with van der Waals surface area (Å²) in [6.07, 6.45) is 3.53. The molecule has 1 amide bonds. The van der Waals surface area contributed by atoms with E-state index in [9.17, 15) is 4.79 Å². The predicted molar refractivity (Wildman–Crippen MR) is 97.4 cm³/mol. The van der Waals surface area contributed by atoms with Crippen molar-refractivity contribution in [3.63, 3.8) is 0 Å². The van der Waals surface area contributed by atoms with E-state index >= 15 is 0 Å². The van der Waals surface area contributed by atoms with Gasteiger partial charge in [-0.05, 0) is 23.8 Å². The molecule has 2 aromatic carbocycles. The quantitative estimate of drug-likeness (QED) is 0.596. The summed E-state index contributed by atoms with van der Waals surface area (Å²) in [5.41, 5.74) is 2.93. The van der Waals surface area contributed by atoms with Crippen LogP contribution >= 0.6 is 0 Å². The summed E-state index contributed by atoms with van der Waals surface area (Å²) < 4.78 is 7.39. The van der Waals surface area contributed by atoms with Crippen LogP contribution in [-0.2, 0) is 13.1 Å². The smallest absolute Gasteiger partial charge is 0.253 e. The molecule has 4 heteroatoms. The van der Waals surface area contributed by atoms with Gasteiger partial charge in [0.1, 0.15) is 5.76 Å². The van der Waals surface area contributed by atoms with Gasteiger partial charge in [0.05, 0.1) is 18.4 Å². The van der Waals surface area contributed by atoms with E-state index in [2.05, 4.69) is 22.0 Å². The molecule has 0 bridgehead atoms. The predicted octanol–water partition coefficient (Wildman–Crippen LogP) is 4.21. The van der Waals surface area contributed by atoms with Crippen LogP contribution < -0.4 is 5.32 Å². The lowest BCUT2D eigenvalue weighted by Gasteiger charge is -2.05. The highest BCUT2D eigenvalue weighted by atomic mass is 16.3. The van der Waals surface area contributed by atoms with E-state index in [1.54, 1.807) is 6.26 Å². The third kappa shape index (κ3) is 3.19. The molecule has 0 aliphatic heterocycles. The first-order chi connectivity index (χ1) is 12.3. The molecule has 4 rings (SSSR count). The number of amides is 1. The third-order valence-corrected chi connectivity index (χ3v) is 4.23. The van der Waals surface area contributed by atoms with Crippen molar-refractivity contribution in [2.75, 3.05) is 0 Å². The van der Waals surface area contributed by atoms with Crippen molar-refractivity contribution in [1.29, 1.82) is 0 Å². The first-order valence-electron chi connectivity index (χ1n) is 8.23. The summed E-state index contributed by atoms with van der Waals surface area (Å²) in [7, 11) is 0. The summed E-state index contributed by atoms with van der Waals surface area (Å²) in [5, 5.41) is 3.88. The molecule has 1 N–H and O–H groups in total. The Morgan fingerprint density at radius 1 is 0.960 bits per heavy atom. The van der Waals surface area contributed by atoms with E-state index in [1.165, 1.54) is 5.56 Å². The number of furan rings is 1. The number of rotatable bonds is 5. The van der Waals surface area contributed by atoms with Crippen LogP contribution in [0.25, 0.3) is 10.9 Å². The van der Waals surface area contributed by atoms with Crippen LogP contribution in [0.2, 0.25) is 0 Å². The Morgan fingerprint density at radius 3 is 2.56 bits per heavy atom. The van der Waals surface area contributed by atoms with Gasteiger partial charge >= 0.3 is 0 Å². The molecule has 2 aromatic heterocycles. The Hall–Kier alpha value is -3.27. The minimum Gasteiger partial charge on any atom is -0.467 e. The Morgan fingerprint density at radius 2 is 1.76 bits per heavy atom. The highest BCUT2D eigenvalue weighted by Crippen LogP contribution is 2.22. The number of para-hydroxylation sites is 1. The fourth-order valence-corrected chi connectivity index (χ4v) is 3.01. The molecule has 25 heavy (non-hydrogen) atoms. The van der Waals surface area contributed by atoms with Crippen LogP contribution in [0, 0.1) is 0 Å². The Kier molecular flexibility index (Phi) is 4.09. The fraction of sp³-hybridized carbons (Fsp3) is 0.0952. The second-order valence-electron chi connectivity index (χ2n) is 5.94. The van der Waals surface area contributed by atoms with Crippen LogP contribution in [0.15, 0.2) is 83.6 Å². The van der Waals surface area contributed by atoms with E-state index in [0.29, 0.717) is 12.1 Å². The molecule has 0 saturated heterocycles. The van der Waals surface area contributed by atoms with Crippen molar-refractivity contribution in [2.45, 2.75) is 13.1 Å². The molecule has 0 spiro atoms. The lowest BCUT2D eigenvalue weighted by molar-refractivity contribution is 0.0949. The number of hydrogen-bond donors (Lipinski definition) is 1. The zero-order valence-electron chi connectivity index (χ0n) is 13.7. The summed E-state index contributed by atoms with van der Waals surface area (Å²) in [4.78, 5) is 12.7. The van der Waals surface area contributed by atoms with Crippen LogP contribution in [0.4, 0.5) is 0 Å². The van der Waals surface area contributed by atoms with Crippen LogP contribution in [0.5, 0.6) is 0 Å². The van der Waals surface area contributed by atoms with Gasteiger partial charge in [0.2, 0.25) is 0 Å². The molecule has 0 aliphatic rings. The van der Waals surface area contributed by atoms with Crippen LogP contribution in [0.3, 0.4) is 0 Å². The van der Waals surface area contributed by atoms with Gasteiger partial charge < -0.3 is 14.3 Å². The van der Waals surface area contributed by atoms with Gasteiger partial charge in [0.15, 0.2) is 0 Å². The molecule has 0 atom stereocenters. The minimum absolute atomic E-state index is 0.0978. The average Bonchev–Trinajstić information content (AvgIpc) is 3.29. The van der Waals surface area contributed by atoms with Gasteiger partial charge in [-0.25, -0.2) is 0 Å². The van der Waals surface area contributed by atoms with Gasteiger partial charge in [-0.2, -0.15) is 0 Å². The molecule has 0 radical (unpaired) electrons. The number of hydrogen-bond acceptors (Lipinski definition) is 2. The summed E-state index contributed by atoms with van der Waals surface area (Å²) in [5.74, 6) is 0.640. The minimum atomic E-state index is -0.0978. The van der Waals surface area contributed by atoms with E-state index in [-0.39, 0.29) is 5.91 Å². The summed E-state index contributed by atoms with van der Waals surface area (Å²) in [6, 6.07) is 21.9. The normalized spacial score (nSPS) is 10.9. The molecule has 2 heterocycles. The SMILES string of the molecule is O=C(NCc1ccco1)c1cn(Cc2ccccc2)c2ccccc12. The third-order valence-electron chi connectivity index (χ3n) is 4.23. The standard InChI is InChI=1S/C21H18N2O2/c24-21(22-13-17-9-6-12-25-17)19-15-23(14-16-7-2-1-3-8-16)20-11-5-4-10-18(19)20/h1-12,15H,13-14H2,(H,22,24). The van der Waals surface area contributed by atoms with Crippen LogP contribution in [0.1, 0.15) is 21.7 Å². The fourth-order valence-electron chi connectivity index (χ4n) is 3.01. The number of nitrogens with one attached hydrogen (secondary N) is 1. The Labute approximate surface area is 145 Å². The maximum Gasteiger partial charge on any atom is 0.253 e. The van der Waals surface area contributed by atoms with Gasteiger partial charge in [0.25, 0.3) is 5.91 Å². The Balaban J connectivity index is 1.63. The summed E-state index contributed by atoms with van der Waals surface area (Å²) >= 11 is 0. The van der Waals surface area contributed by atoms with Crippen LogP contribution in [-0.4, -0.2) is 10.5 Å². The number of carbonyl (C=O) groups excluding carboxylic acids is 1. The molecule has 4 nitrogen and oxygen atoms in total. The van der Waals surface area contributed by atoms with Gasteiger partial charge in [-0.15, -0.1) is 0 Å². The molecule has 0 fully saturated rings. The highest BCUT2D eigenvalue weighted by Gasteiger charge is 2.15. The van der Waals surface area contributed by atoms with E-state index in [1.807, 2.05) is 60.8 Å². The van der Waals surface area contributed by atoms with Crippen molar-refractivity contribution >= 4 is 16.8 Å². The second-order valence-corrected chi connectivity index (χ2v) is 5.94. The van der Waals surface area contributed by atoms with Gasteiger partial charge in [-0.3, -0.25) is 4.79 Å². The van der Waals surface area contributed by atoms with Gasteiger partial charge in [-0.1, -0.05) is 48.5 Å².